The topological polar surface area (TPSA) is 116 Å². The van der Waals surface area contributed by atoms with E-state index in [1.54, 1.807) is 0 Å². The first-order valence-electron chi connectivity index (χ1n) is 12.8. The molecule has 10 nitrogen and oxygen atoms in total. The second-order valence-corrected chi connectivity index (χ2v) is 16.0. The van der Waals surface area contributed by atoms with Gasteiger partial charge in [0, 0.05) is 58.5 Å². The lowest BCUT2D eigenvalue weighted by Crippen LogP contribution is -2.39. The molecule has 3 N–H and O–H groups in total. The summed E-state index contributed by atoms with van der Waals surface area (Å²) in [7, 11) is 0.0195. The van der Waals surface area contributed by atoms with Crippen molar-refractivity contribution in [3.05, 3.63) is 47.8 Å². The molecule has 0 unspecified atom stereocenters. The van der Waals surface area contributed by atoms with E-state index in [9.17, 15) is 31.5 Å². The number of amides is 3. The van der Waals surface area contributed by atoms with Crippen LogP contribution in [-0.2, 0) is 27.2 Å². The average molecular weight is 618 g/mol. The highest BCUT2D eigenvalue weighted by Crippen LogP contribution is 2.42. The summed E-state index contributed by atoms with van der Waals surface area (Å²) in [6.07, 6.45) is -2.87. The molecule has 0 aliphatic carbocycles. The Morgan fingerprint density at radius 2 is 1.76 bits per heavy atom. The van der Waals surface area contributed by atoms with Crippen LogP contribution >= 0.6 is 0 Å². The predicted octanol–water partition coefficient (Wildman–Crippen LogP) is 5.32. The van der Waals surface area contributed by atoms with Gasteiger partial charge in [-0.2, -0.15) is 13.2 Å². The van der Waals surface area contributed by atoms with Crippen LogP contribution in [0.15, 0.2) is 30.6 Å². The number of halogens is 5. The second-order valence-electron chi connectivity index (χ2n) is 10.4. The zero-order chi connectivity index (χ0) is 31.1. The predicted molar refractivity (Wildman–Crippen MR) is 147 cm³/mol. The summed E-state index contributed by atoms with van der Waals surface area (Å²) < 4.78 is 88.5. The maximum Gasteiger partial charge on any atom is 0.418 e. The highest BCUT2D eigenvalue weighted by molar-refractivity contribution is 6.76. The first kappa shape index (κ1) is 32.7. The van der Waals surface area contributed by atoms with E-state index in [4.69, 9.17) is 14.2 Å². The number of urea groups is 1. The van der Waals surface area contributed by atoms with Crippen molar-refractivity contribution in [1.29, 1.82) is 0 Å². The van der Waals surface area contributed by atoms with Crippen LogP contribution in [-0.4, -0.2) is 63.0 Å². The third kappa shape index (κ3) is 9.12. The third-order valence-corrected chi connectivity index (χ3v) is 7.46. The molecule has 0 spiro atoms. The molecule has 0 aliphatic heterocycles. The van der Waals surface area contributed by atoms with Gasteiger partial charge in [0.25, 0.3) is 0 Å². The van der Waals surface area contributed by atoms with Crippen molar-refractivity contribution in [2.24, 2.45) is 0 Å². The molecule has 3 rings (SSSR count). The van der Waals surface area contributed by atoms with Gasteiger partial charge in [0.1, 0.15) is 18.1 Å². The van der Waals surface area contributed by atoms with E-state index < -0.39 is 66.8 Å². The fourth-order valence-corrected chi connectivity index (χ4v) is 4.41. The van der Waals surface area contributed by atoms with Crippen molar-refractivity contribution >= 4 is 36.7 Å². The van der Waals surface area contributed by atoms with Gasteiger partial charge < -0.3 is 34.7 Å². The van der Waals surface area contributed by atoms with E-state index in [0.29, 0.717) is 6.61 Å². The minimum atomic E-state index is -4.83. The van der Waals surface area contributed by atoms with Gasteiger partial charge in [0.2, 0.25) is 5.91 Å². The van der Waals surface area contributed by atoms with E-state index in [0.717, 1.165) is 41.2 Å². The van der Waals surface area contributed by atoms with E-state index in [-0.39, 0.29) is 31.2 Å². The number of carbonyl (C=O) groups is 2. The Morgan fingerprint density at radius 3 is 2.38 bits per heavy atom. The van der Waals surface area contributed by atoms with Crippen LogP contribution in [0.3, 0.4) is 0 Å². The first-order valence-corrected chi connectivity index (χ1v) is 16.5. The Kier molecular flexibility index (Phi) is 10.9. The van der Waals surface area contributed by atoms with E-state index in [2.05, 4.69) is 40.6 Å². The summed E-state index contributed by atoms with van der Waals surface area (Å²) in [5, 5.41) is 6.36. The maximum absolute atomic E-state index is 14.9. The van der Waals surface area contributed by atoms with Gasteiger partial charge >= 0.3 is 12.2 Å². The minimum Gasteiger partial charge on any atom is -0.450 e. The summed E-state index contributed by atoms with van der Waals surface area (Å²) in [4.78, 5) is 27.7. The van der Waals surface area contributed by atoms with Gasteiger partial charge in [0.05, 0.1) is 24.1 Å². The second kappa shape index (κ2) is 13.9. The monoisotopic (exact) mass is 617 g/mol. The molecule has 1 aromatic carbocycles. The molecule has 0 bridgehead atoms. The van der Waals surface area contributed by atoms with Gasteiger partial charge in [-0.1, -0.05) is 19.6 Å². The molecule has 3 aromatic rings. The van der Waals surface area contributed by atoms with E-state index in [1.165, 1.54) is 7.11 Å². The number of anilines is 1. The standard InChI is InChI=1S/C26H32F5N5O5Si/c1-39-8-7-32-21(37)13-34-25(38)35-16-11-18(27)23(19(28)12-16)41-20-5-6-33-24-22(20)17(26(29,30)31)14-36(24)15-40-9-10-42(2,3)4/h5-6,11-12,14H,7-10,13,15H2,1-4H3,(H,32,37)(H2,34,35,38). The highest BCUT2D eigenvalue weighted by atomic mass is 28.3. The number of carbonyl (C=O) groups excluding carboxylic acids is 2. The third-order valence-electron chi connectivity index (χ3n) is 5.76. The summed E-state index contributed by atoms with van der Waals surface area (Å²) in [5.41, 5.74) is -1.58. The maximum atomic E-state index is 14.9. The van der Waals surface area contributed by atoms with E-state index >= 15 is 0 Å². The minimum absolute atomic E-state index is 0.144. The molecule has 3 amide bonds. The molecule has 42 heavy (non-hydrogen) atoms. The quantitative estimate of drug-likeness (QED) is 0.136. The Balaban J connectivity index is 1.79. The molecule has 0 aliphatic rings. The number of pyridine rings is 1. The number of ether oxygens (including phenoxy) is 3. The van der Waals surface area contributed by atoms with Gasteiger partial charge in [-0.3, -0.25) is 4.79 Å². The summed E-state index contributed by atoms with van der Waals surface area (Å²) in [6, 6.07) is 2.37. The fraction of sp³-hybridized carbons (Fsp3) is 0.423. The molecule has 2 heterocycles. The van der Waals surface area contributed by atoms with Crippen molar-refractivity contribution in [3.8, 4) is 11.5 Å². The number of methoxy groups -OCH3 is 1. The molecule has 0 saturated heterocycles. The van der Waals surface area contributed by atoms with Crippen LogP contribution in [0.5, 0.6) is 11.5 Å². The molecule has 16 heteroatoms. The zero-order valence-electron chi connectivity index (χ0n) is 23.5. The van der Waals surface area contributed by atoms with Crippen molar-refractivity contribution < 1.29 is 45.8 Å². The summed E-state index contributed by atoms with van der Waals surface area (Å²) in [6.45, 7) is 6.63. The highest BCUT2D eigenvalue weighted by Gasteiger charge is 2.37. The van der Waals surface area contributed by atoms with Crippen molar-refractivity contribution in [2.75, 3.05) is 38.7 Å². The van der Waals surface area contributed by atoms with Crippen LogP contribution in [0.2, 0.25) is 25.7 Å². The molecule has 0 atom stereocenters. The molecule has 0 fully saturated rings. The van der Waals surface area contributed by atoms with Crippen LogP contribution in [0.25, 0.3) is 11.0 Å². The normalized spacial score (nSPS) is 11.9. The number of nitrogens with zero attached hydrogens (tertiary/aromatic N) is 2. The van der Waals surface area contributed by atoms with Crippen molar-refractivity contribution in [2.45, 2.75) is 38.6 Å². The summed E-state index contributed by atoms with van der Waals surface area (Å²) >= 11 is 0. The average Bonchev–Trinajstić information content (AvgIpc) is 3.27. The summed E-state index contributed by atoms with van der Waals surface area (Å²) in [5.74, 6) is -4.58. The number of nitrogens with one attached hydrogen (secondary N) is 3. The van der Waals surface area contributed by atoms with Crippen LogP contribution < -0.4 is 20.7 Å². The van der Waals surface area contributed by atoms with Gasteiger partial charge in [-0.15, -0.1) is 0 Å². The Morgan fingerprint density at radius 1 is 1.07 bits per heavy atom. The molecular weight excluding hydrogens is 585 g/mol. The SMILES string of the molecule is COCCNC(=O)CNC(=O)Nc1cc(F)c(Oc2ccnc3c2c(C(F)(F)F)cn3COCC[Si](C)(C)C)c(F)c1. The smallest absolute Gasteiger partial charge is 0.418 e. The Bertz CT molecular complexity index is 1390. The lowest BCUT2D eigenvalue weighted by molar-refractivity contribution is -0.136. The number of alkyl halides is 3. The fourth-order valence-electron chi connectivity index (χ4n) is 3.66. The Hall–Kier alpha value is -3.76. The van der Waals surface area contributed by atoms with Crippen molar-refractivity contribution in [3.63, 3.8) is 0 Å². The van der Waals surface area contributed by atoms with Gasteiger partial charge in [0.15, 0.2) is 17.4 Å². The molecule has 2 aromatic heterocycles. The number of rotatable bonds is 13. The van der Waals surface area contributed by atoms with Gasteiger partial charge in [-0.25, -0.2) is 18.6 Å². The lowest BCUT2D eigenvalue weighted by atomic mass is 10.2. The zero-order valence-corrected chi connectivity index (χ0v) is 24.5. The largest absolute Gasteiger partial charge is 0.450 e. The first-order chi connectivity index (χ1) is 19.7. The van der Waals surface area contributed by atoms with Gasteiger partial charge in [-0.05, 0) is 12.1 Å². The Labute approximate surface area is 239 Å². The number of hydrogen-bond acceptors (Lipinski definition) is 6. The number of hydrogen-bond donors (Lipinski definition) is 3. The molecule has 230 valence electrons. The number of benzene rings is 1. The van der Waals surface area contributed by atoms with Crippen molar-refractivity contribution in [1.82, 2.24) is 20.2 Å². The number of aromatic nitrogens is 2. The lowest BCUT2D eigenvalue weighted by Gasteiger charge is -2.15. The molecular formula is C26H32F5N5O5Si. The van der Waals surface area contributed by atoms with Crippen LogP contribution in [0.4, 0.5) is 32.4 Å². The molecule has 0 radical (unpaired) electrons. The van der Waals surface area contributed by atoms with E-state index in [1.807, 2.05) is 0 Å². The van der Waals surface area contributed by atoms with Crippen LogP contribution in [0.1, 0.15) is 5.56 Å². The number of fused-ring (bicyclic) bond motifs is 1. The van der Waals surface area contributed by atoms with Crippen LogP contribution in [0, 0.1) is 11.6 Å². The molecule has 0 saturated carbocycles.